The largest absolute Gasteiger partial charge is 0.462 e. The fraction of sp³-hybridized carbons (Fsp3) is 0.773. The number of allylic oxidation sites excluding steroid dienone is 14. The van der Waals surface area contributed by atoms with Crippen LogP contribution in [0.5, 0.6) is 0 Å². The van der Waals surface area contributed by atoms with E-state index in [4.69, 9.17) is 14.2 Å². The molecule has 6 heteroatoms. The van der Waals surface area contributed by atoms with Crippen molar-refractivity contribution in [3.63, 3.8) is 0 Å². The van der Waals surface area contributed by atoms with Crippen molar-refractivity contribution in [1.29, 1.82) is 0 Å². The molecule has 0 aliphatic rings. The molecule has 0 aromatic rings. The van der Waals surface area contributed by atoms with E-state index >= 15 is 0 Å². The minimum Gasteiger partial charge on any atom is -0.462 e. The summed E-state index contributed by atoms with van der Waals surface area (Å²) < 4.78 is 16.9. The normalized spacial score (nSPS) is 12.6. The maximum Gasteiger partial charge on any atom is 0.306 e. The lowest BCUT2D eigenvalue weighted by atomic mass is 10.0. The van der Waals surface area contributed by atoms with E-state index in [1.807, 2.05) is 0 Å². The molecular weight excluding hydrogens is 997 g/mol. The standard InChI is InChI=1S/C75H132O6/c1-4-7-10-13-16-19-22-25-27-29-30-31-32-33-34-35-36-37-38-39-40-41-42-43-44-46-47-50-53-56-59-62-65-68-74(77)80-71-72(70-79-73(76)67-64-61-58-55-52-49-24-21-18-15-12-9-6-3)81-75(78)69-66-63-60-57-54-51-48-45-28-26-23-20-17-14-11-8-5-2/h8,11,17,20-22,24-26,28-30,48,51,72H,4-7,9-10,12-16,18-19,23,27,31-47,49-50,52-71H2,1-3H3/b11-8-,20-17-,24-21-,25-22-,28-26-,30-29-,51-48-. The third-order valence-electron chi connectivity index (χ3n) is 15.4. The Morgan fingerprint density at radius 2 is 0.481 bits per heavy atom. The minimum absolute atomic E-state index is 0.0862. The van der Waals surface area contributed by atoms with Crippen LogP contribution in [0, 0.1) is 0 Å². The summed E-state index contributed by atoms with van der Waals surface area (Å²) in [6.07, 6.45) is 92.0. The van der Waals surface area contributed by atoms with Gasteiger partial charge in [0.15, 0.2) is 6.10 Å². The Balaban J connectivity index is 4.16. The van der Waals surface area contributed by atoms with Crippen molar-refractivity contribution in [2.75, 3.05) is 13.2 Å². The highest BCUT2D eigenvalue weighted by Gasteiger charge is 2.19. The zero-order valence-corrected chi connectivity index (χ0v) is 53.8. The molecular formula is C75H132O6. The first-order valence-electron chi connectivity index (χ1n) is 35.1. The van der Waals surface area contributed by atoms with E-state index in [9.17, 15) is 14.4 Å². The zero-order chi connectivity index (χ0) is 58.5. The quantitative estimate of drug-likeness (QED) is 0.0261. The number of unbranched alkanes of at least 4 members (excludes halogenated alkanes) is 39. The van der Waals surface area contributed by atoms with Crippen molar-refractivity contribution in [3.8, 4) is 0 Å². The first-order valence-corrected chi connectivity index (χ1v) is 35.1. The van der Waals surface area contributed by atoms with E-state index in [1.165, 1.54) is 205 Å². The number of esters is 3. The van der Waals surface area contributed by atoms with Crippen LogP contribution in [0.15, 0.2) is 85.1 Å². The SMILES string of the molecule is CC/C=C\C/C=C\C/C=C\C/C=C\CCCCCCC(=O)OC(COC(=O)CCCCCCC/C=C\CCCCCC)COC(=O)CCCCCCCCCCCCCCCCCCCCCCC/C=C\C/C=C\CCCCCCC. The Hall–Kier alpha value is -3.41. The van der Waals surface area contributed by atoms with Crippen LogP contribution in [0.25, 0.3) is 0 Å². The lowest BCUT2D eigenvalue weighted by Gasteiger charge is -2.18. The molecule has 0 aromatic carbocycles. The van der Waals surface area contributed by atoms with Crippen molar-refractivity contribution in [2.45, 2.75) is 361 Å². The molecule has 1 unspecified atom stereocenters. The van der Waals surface area contributed by atoms with Gasteiger partial charge in [0.05, 0.1) is 0 Å². The van der Waals surface area contributed by atoms with Gasteiger partial charge < -0.3 is 14.2 Å². The molecule has 0 N–H and O–H groups in total. The highest BCUT2D eigenvalue weighted by atomic mass is 16.6. The van der Waals surface area contributed by atoms with Gasteiger partial charge in [-0.15, -0.1) is 0 Å². The molecule has 0 saturated carbocycles. The average Bonchev–Trinajstić information content (AvgIpc) is 3.46. The third kappa shape index (κ3) is 67.3. The summed E-state index contributed by atoms with van der Waals surface area (Å²) in [7, 11) is 0. The van der Waals surface area contributed by atoms with Crippen molar-refractivity contribution in [1.82, 2.24) is 0 Å². The Morgan fingerprint density at radius 1 is 0.259 bits per heavy atom. The summed E-state index contributed by atoms with van der Waals surface area (Å²) in [6, 6.07) is 0. The summed E-state index contributed by atoms with van der Waals surface area (Å²) in [5.41, 5.74) is 0. The molecule has 81 heavy (non-hydrogen) atoms. The van der Waals surface area contributed by atoms with E-state index in [2.05, 4.69) is 106 Å². The summed E-state index contributed by atoms with van der Waals surface area (Å²) >= 11 is 0. The Bertz CT molecular complexity index is 1530. The van der Waals surface area contributed by atoms with Crippen LogP contribution in [0.4, 0.5) is 0 Å². The second-order valence-electron chi connectivity index (χ2n) is 23.4. The summed E-state index contributed by atoms with van der Waals surface area (Å²) in [6.45, 7) is 6.51. The predicted molar refractivity (Wildman–Crippen MR) is 353 cm³/mol. The van der Waals surface area contributed by atoms with E-state index in [1.54, 1.807) is 0 Å². The van der Waals surface area contributed by atoms with Gasteiger partial charge in [0.1, 0.15) is 13.2 Å². The summed E-state index contributed by atoms with van der Waals surface area (Å²) in [5.74, 6) is -0.904. The third-order valence-corrected chi connectivity index (χ3v) is 15.4. The maximum atomic E-state index is 12.9. The van der Waals surface area contributed by atoms with Gasteiger partial charge in [0.2, 0.25) is 0 Å². The number of ether oxygens (including phenoxy) is 3. The summed E-state index contributed by atoms with van der Waals surface area (Å²) in [5, 5.41) is 0. The number of hydrogen-bond acceptors (Lipinski definition) is 6. The number of carbonyl (C=O) groups is 3. The van der Waals surface area contributed by atoms with Crippen LogP contribution in [0.1, 0.15) is 355 Å². The van der Waals surface area contributed by atoms with Crippen LogP contribution in [-0.4, -0.2) is 37.2 Å². The molecule has 0 aromatic heterocycles. The minimum atomic E-state index is -0.793. The lowest BCUT2D eigenvalue weighted by molar-refractivity contribution is -0.167. The van der Waals surface area contributed by atoms with Gasteiger partial charge >= 0.3 is 17.9 Å². The second-order valence-corrected chi connectivity index (χ2v) is 23.4. The monoisotopic (exact) mass is 1130 g/mol. The maximum absolute atomic E-state index is 12.9. The molecule has 0 heterocycles. The molecule has 0 amide bonds. The molecule has 0 saturated heterocycles. The smallest absolute Gasteiger partial charge is 0.306 e. The molecule has 6 nitrogen and oxygen atoms in total. The second kappa shape index (κ2) is 69.1. The number of hydrogen-bond donors (Lipinski definition) is 0. The fourth-order valence-corrected chi connectivity index (χ4v) is 10.1. The predicted octanol–water partition coefficient (Wildman–Crippen LogP) is 24.2. The van der Waals surface area contributed by atoms with E-state index in [0.29, 0.717) is 19.3 Å². The van der Waals surface area contributed by atoms with E-state index < -0.39 is 6.10 Å². The van der Waals surface area contributed by atoms with Gasteiger partial charge in [0, 0.05) is 19.3 Å². The van der Waals surface area contributed by atoms with Gasteiger partial charge in [-0.25, -0.2) is 0 Å². The lowest BCUT2D eigenvalue weighted by Crippen LogP contribution is -2.30. The molecule has 468 valence electrons. The molecule has 0 aliphatic carbocycles. The highest BCUT2D eigenvalue weighted by molar-refractivity contribution is 5.71. The van der Waals surface area contributed by atoms with Crippen LogP contribution in [0.3, 0.4) is 0 Å². The van der Waals surface area contributed by atoms with Crippen molar-refractivity contribution in [2.24, 2.45) is 0 Å². The molecule has 0 spiro atoms. The van der Waals surface area contributed by atoms with Crippen molar-refractivity contribution in [3.05, 3.63) is 85.1 Å². The van der Waals surface area contributed by atoms with Crippen LogP contribution in [-0.2, 0) is 28.6 Å². The summed E-state index contributed by atoms with van der Waals surface area (Å²) in [4.78, 5) is 38.3. The Morgan fingerprint density at radius 3 is 0.778 bits per heavy atom. The average molecular weight is 1130 g/mol. The van der Waals surface area contributed by atoms with Crippen LogP contribution in [0.2, 0.25) is 0 Å². The first-order chi connectivity index (χ1) is 40.0. The zero-order valence-electron chi connectivity index (χ0n) is 53.8. The molecule has 1 atom stereocenters. The van der Waals surface area contributed by atoms with Crippen molar-refractivity contribution >= 4 is 17.9 Å². The van der Waals surface area contributed by atoms with Gasteiger partial charge in [-0.3, -0.25) is 14.4 Å². The van der Waals surface area contributed by atoms with Crippen molar-refractivity contribution < 1.29 is 28.6 Å². The van der Waals surface area contributed by atoms with Crippen LogP contribution >= 0.6 is 0 Å². The van der Waals surface area contributed by atoms with Gasteiger partial charge in [0.25, 0.3) is 0 Å². The molecule has 0 radical (unpaired) electrons. The highest BCUT2D eigenvalue weighted by Crippen LogP contribution is 2.17. The van der Waals surface area contributed by atoms with Gasteiger partial charge in [-0.1, -0.05) is 305 Å². The van der Waals surface area contributed by atoms with E-state index in [-0.39, 0.29) is 31.1 Å². The van der Waals surface area contributed by atoms with Crippen LogP contribution < -0.4 is 0 Å². The van der Waals surface area contributed by atoms with Gasteiger partial charge in [-0.2, -0.15) is 0 Å². The Labute approximate surface area is 503 Å². The number of carbonyl (C=O) groups excluding carboxylic acids is 3. The topological polar surface area (TPSA) is 78.9 Å². The number of rotatable bonds is 64. The van der Waals surface area contributed by atoms with Gasteiger partial charge in [-0.05, 0) is 116 Å². The molecule has 0 rings (SSSR count). The molecule has 0 bridgehead atoms. The molecule has 0 fully saturated rings. The first kappa shape index (κ1) is 77.6. The fourth-order valence-electron chi connectivity index (χ4n) is 10.1. The molecule has 0 aliphatic heterocycles. The van der Waals surface area contributed by atoms with E-state index in [0.717, 1.165) is 109 Å². The Kier molecular flexibility index (Phi) is 66.2.